The molecule has 0 aliphatic heterocycles. The molecule has 0 radical (unpaired) electrons. The Morgan fingerprint density at radius 3 is 2.70 bits per heavy atom. The summed E-state index contributed by atoms with van der Waals surface area (Å²) in [7, 11) is 0. The van der Waals surface area contributed by atoms with Gasteiger partial charge in [0, 0.05) is 37.2 Å². The van der Waals surface area contributed by atoms with Gasteiger partial charge in [0.25, 0.3) is 5.91 Å². The minimum Gasteiger partial charge on any atom is -0.494 e. The van der Waals surface area contributed by atoms with Crippen molar-refractivity contribution in [3.8, 4) is 17.3 Å². The predicted molar refractivity (Wildman–Crippen MR) is 105 cm³/mol. The van der Waals surface area contributed by atoms with Crippen LogP contribution in [0.15, 0.2) is 61.1 Å². The minimum absolute atomic E-state index is 0.102. The number of hydrogen-bond acceptors (Lipinski definition) is 4. The number of unbranched alkanes of at least 4 members (excludes halogenated alkanes) is 1. The smallest absolute Gasteiger partial charge is 0.251 e. The van der Waals surface area contributed by atoms with Crippen LogP contribution in [0.2, 0.25) is 0 Å². The maximum absolute atomic E-state index is 12.3. The van der Waals surface area contributed by atoms with E-state index in [1.807, 2.05) is 41.1 Å². The van der Waals surface area contributed by atoms with Crippen molar-refractivity contribution in [2.75, 3.05) is 13.2 Å². The van der Waals surface area contributed by atoms with Crippen LogP contribution in [0.4, 0.5) is 0 Å². The molecule has 6 nitrogen and oxygen atoms in total. The third kappa shape index (κ3) is 5.17. The maximum Gasteiger partial charge on any atom is 0.251 e. The highest BCUT2D eigenvalue weighted by Gasteiger charge is 2.08. The summed E-state index contributed by atoms with van der Waals surface area (Å²) in [6, 6.07) is 13.0. The Morgan fingerprint density at radius 1 is 1.11 bits per heavy atom. The van der Waals surface area contributed by atoms with Gasteiger partial charge < -0.3 is 14.6 Å². The monoisotopic (exact) mass is 364 g/mol. The van der Waals surface area contributed by atoms with Crippen molar-refractivity contribution in [2.24, 2.45) is 0 Å². The first-order valence-corrected chi connectivity index (χ1v) is 9.21. The number of amides is 1. The molecule has 3 rings (SSSR count). The van der Waals surface area contributed by atoms with E-state index in [0.717, 1.165) is 30.1 Å². The summed E-state index contributed by atoms with van der Waals surface area (Å²) in [6.45, 7) is 3.95. The number of ether oxygens (including phenoxy) is 1. The van der Waals surface area contributed by atoms with Crippen molar-refractivity contribution >= 4 is 5.91 Å². The second kappa shape index (κ2) is 9.52. The number of imidazole rings is 1. The fraction of sp³-hybridized carbons (Fsp3) is 0.286. The second-order valence-electron chi connectivity index (χ2n) is 6.14. The van der Waals surface area contributed by atoms with Gasteiger partial charge in [0.05, 0.1) is 6.61 Å². The van der Waals surface area contributed by atoms with Crippen molar-refractivity contribution in [3.63, 3.8) is 0 Å². The first-order chi connectivity index (χ1) is 13.3. The van der Waals surface area contributed by atoms with Crippen LogP contribution in [0, 0.1) is 0 Å². The molecular weight excluding hydrogens is 340 g/mol. The minimum atomic E-state index is -0.102. The topological polar surface area (TPSA) is 69.0 Å². The Bertz CT molecular complexity index is 844. The normalized spacial score (nSPS) is 10.6. The molecule has 2 heterocycles. The van der Waals surface area contributed by atoms with Crippen LogP contribution in [-0.4, -0.2) is 33.6 Å². The highest BCUT2D eigenvalue weighted by atomic mass is 16.5. The maximum atomic E-state index is 12.3. The van der Waals surface area contributed by atoms with Gasteiger partial charge in [0.1, 0.15) is 11.4 Å². The molecule has 1 amide bonds. The third-order valence-electron chi connectivity index (χ3n) is 4.13. The molecule has 0 saturated heterocycles. The van der Waals surface area contributed by atoms with E-state index in [-0.39, 0.29) is 5.91 Å². The summed E-state index contributed by atoms with van der Waals surface area (Å²) in [5.74, 6) is 1.48. The molecule has 0 fully saturated rings. The largest absolute Gasteiger partial charge is 0.494 e. The quantitative estimate of drug-likeness (QED) is 0.590. The molecule has 1 N–H and O–H groups in total. The fourth-order valence-electron chi connectivity index (χ4n) is 2.65. The fourth-order valence-corrected chi connectivity index (χ4v) is 2.65. The number of rotatable bonds is 9. The summed E-state index contributed by atoms with van der Waals surface area (Å²) < 4.78 is 7.60. The van der Waals surface area contributed by atoms with E-state index in [1.54, 1.807) is 24.5 Å². The average Bonchev–Trinajstić information content (AvgIpc) is 3.18. The number of carbonyl (C=O) groups is 1. The zero-order chi connectivity index (χ0) is 18.9. The van der Waals surface area contributed by atoms with Crippen LogP contribution < -0.4 is 10.1 Å². The standard InChI is InChI=1S/C21H24N4O2/c1-2-3-16-27-18-9-7-17(8-10-18)21(26)24-13-15-25-14-12-23-20(25)19-6-4-5-11-22-19/h4-12,14H,2-3,13,15-16H2,1H3,(H,24,26). The lowest BCUT2D eigenvalue weighted by Crippen LogP contribution is -2.27. The van der Waals surface area contributed by atoms with Crippen LogP contribution in [0.3, 0.4) is 0 Å². The highest BCUT2D eigenvalue weighted by molar-refractivity contribution is 5.94. The van der Waals surface area contributed by atoms with E-state index < -0.39 is 0 Å². The van der Waals surface area contributed by atoms with E-state index in [2.05, 4.69) is 22.2 Å². The number of carbonyl (C=O) groups excluding carboxylic acids is 1. The van der Waals surface area contributed by atoms with Gasteiger partial charge in [0.2, 0.25) is 0 Å². The van der Waals surface area contributed by atoms with Crippen LogP contribution in [0.5, 0.6) is 5.75 Å². The molecule has 140 valence electrons. The molecule has 3 aromatic rings. The van der Waals surface area contributed by atoms with E-state index in [4.69, 9.17) is 4.74 Å². The Hall–Kier alpha value is -3.15. The first kappa shape index (κ1) is 18.6. The molecule has 6 heteroatoms. The third-order valence-corrected chi connectivity index (χ3v) is 4.13. The van der Waals surface area contributed by atoms with Gasteiger partial charge in [-0.25, -0.2) is 4.98 Å². The molecule has 0 aliphatic rings. The van der Waals surface area contributed by atoms with Gasteiger partial charge in [-0.1, -0.05) is 19.4 Å². The molecule has 0 aliphatic carbocycles. The summed E-state index contributed by atoms with van der Waals surface area (Å²) in [5.41, 5.74) is 1.43. The van der Waals surface area contributed by atoms with Crippen molar-refractivity contribution in [1.82, 2.24) is 19.9 Å². The van der Waals surface area contributed by atoms with Gasteiger partial charge in [-0.15, -0.1) is 0 Å². The molecule has 2 aromatic heterocycles. The number of benzene rings is 1. The number of hydrogen-bond donors (Lipinski definition) is 1. The molecule has 0 unspecified atom stereocenters. The van der Waals surface area contributed by atoms with Crippen LogP contribution in [-0.2, 0) is 6.54 Å². The van der Waals surface area contributed by atoms with E-state index in [9.17, 15) is 4.79 Å². The average molecular weight is 364 g/mol. The van der Waals surface area contributed by atoms with E-state index >= 15 is 0 Å². The number of aromatic nitrogens is 3. The Labute approximate surface area is 159 Å². The van der Waals surface area contributed by atoms with Crippen molar-refractivity contribution in [2.45, 2.75) is 26.3 Å². The van der Waals surface area contributed by atoms with Gasteiger partial charge in [-0.2, -0.15) is 0 Å². The Balaban J connectivity index is 1.51. The molecule has 0 atom stereocenters. The van der Waals surface area contributed by atoms with Crippen LogP contribution in [0.1, 0.15) is 30.1 Å². The lowest BCUT2D eigenvalue weighted by molar-refractivity contribution is 0.0952. The molecule has 0 saturated carbocycles. The zero-order valence-corrected chi connectivity index (χ0v) is 15.5. The van der Waals surface area contributed by atoms with Gasteiger partial charge >= 0.3 is 0 Å². The van der Waals surface area contributed by atoms with E-state index in [1.165, 1.54) is 0 Å². The lowest BCUT2D eigenvalue weighted by atomic mass is 10.2. The predicted octanol–water partition coefficient (Wildman–Crippen LogP) is 3.55. The van der Waals surface area contributed by atoms with Crippen LogP contribution in [0.25, 0.3) is 11.5 Å². The Kier molecular flexibility index (Phi) is 6.57. The van der Waals surface area contributed by atoms with Gasteiger partial charge in [-0.05, 0) is 42.8 Å². The summed E-state index contributed by atoms with van der Waals surface area (Å²) >= 11 is 0. The van der Waals surface area contributed by atoms with Gasteiger partial charge in [-0.3, -0.25) is 9.78 Å². The second-order valence-corrected chi connectivity index (χ2v) is 6.14. The van der Waals surface area contributed by atoms with Crippen LogP contribution >= 0.6 is 0 Å². The van der Waals surface area contributed by atoms with E-state index in [0.29, 0.717) is 25.3 Å². The molecular formula is C21H24N4O2. The molecule has 27 heavy (non-hydrogen) atoms. The van der Waals surface area contributed by atoms with Gasteiger partial charge in [0.15, 0.2) is 5.82 Å². The summed E-state index contributed by atoms with van der Waals surface area (Å²) in [4.78, 5) is 21.0. The lowest BCUT2D eigenvalue weighted by Gasteiger charge is -2.10. The van der Waals surface area contributed by atoms with Crippen molar-refractivity contribution in [1.29, 1.82) is 0 Å². The number of nitrogens with zero attached hydrogens (tertiary/aromatic N) is 3. The molecule has 1 aromatic carbocycles. The molecule has 0 spiro atoms. The zero-order valence-electron chi connectivity index (χ0n) is 15.5. The Morgan fingerprint density at radius 2 is 1.96 bits per heavy atom. The number of nitrogens with one attached hydrogen (secondary N) is 1. The van der Waals surface area contributed by atoms with Crippen molar-refractivity contribution in [3.05, 3.63) is 66.6 Å². The summed E-state index contributed by atoms with van der Waals surface area (Å²) in [6.07, 6.45) is 7.49. The van der Waals surface area contributed by atoms with Crippen molar-refractivity contribution < 1.29 is 9.53 Å². The SMILES string of the molecule is CCCCOc1ccc(C(=O)NCCn2ccnc2-c2ccccn2)cc1. The summed E-state index contributed by atoms with van der Waals surface area (Å²) in [5, 5.41) is 2.94. The first-order valence-electron chi connectivity index (χ1n) is 9.21. The highest BCUT2D eigenvalue weighted by Crippen LogP contribution is 2.14. The number of pyridine rings is 1. The molecule has 0 bridgehead atoms.